The standard InChI is InChI=1S/C22H25ClN2O2.2ClH/c23-19-8-5-17(6-9-19)16-27-22-10-7-18-3-1-2-4-20(18)21(22)15-25-12-11-24-13-14-26;;/h1-10,24-26H,11-16H2;2*1H. The van der Waals surface area contributed by atoms with Crippen LogP contribution in [0.15, 0.2) is 60.7 Å². The molecule has 0 amide bonds. The minimum absolute atomic E-state index is 0. The third-order valence-corrected chi connectivity index (χ3v) is 4.63. The molecule has 0 aliphatic carbocycles. The molecule has 0 unspecified atom stereocenters. The van der Waals surface area contributed by atoms with Gasteiger partial charge in [0.2, 0.25) is 0 Å². The highest BCUT2D eigenvalue weighted by Gasteiger charge is 2.09. The third kappa shape index (κ3) is 7.67. The van der Waals surface area contributed by atoms with Crippen molar-refractivity contribution in [3.63, 3.8) is 0 Å². The number of benzene rings is 3. The molecule has 3 rings (SSSR count). The van der Waals surface area contributed by atoms with Crippen LogP contribution in [-0.4, -0.2) is 31.3 Å². The number of hydrogen-bond acceptors (Lipinski definition) is 4. The Bertz CT molecular complexity index is 860. The van der Waals surface area contributed by atoms with Crippen molar-refractivity contribution in [3.05, 3.63) is 76.8 Å². The predicted octanol–water partition coefficient (Wildman–Crippen LogP) is 4.59. The summed E-state index contributed by atoms with van der Waals surface area (Å²) in [7, 11) is 0. The summed E-state index contributed by atoms with van der Waals surface area (Å²) in [4.78, 5) is 0. The zero-order valence-corrected chi connectivity index (χ0v) is 18.5. The molecule has 0 saturated heterocycles. The van der Waals surface area contributed by atoms with E-state index in [1.165, 1.54) is 10.8 Å². The number of halogens is 3. The van der Waals surface area contributed by atoms with Crippen molar-refractivity contribution in [2.75, 3.05) is 26.2 Å². The second kappa shape index (κ2) is 13.6. The lowest BCUT2D eigenvalue weighted by Gasteiger charge is -2.15. The van der Waals surface area contributed by atoms with Gasteiger partial charge in [0.1, 0.15) is 12.4 Å². The number of rotatable bonds is 10. The first-order valence-corrected chi connectivity index (χ1v) is 9.56. The minimum atomic E-state index is 0. The van der Waals surface area contributed by atoms with Gasteiger partial charge in [-0.3, -0.25) is 0 Å². The van der Waals surface area contributed by atoms with Gasteiger partial charge in [0, 0.05) is 36.8 Å². The zero-order valence-electron chi connectivity index (χ0n) is 16.1. The van der Waals surface area contributed by atoms with Crippen LogP contribution in [0.3, 0.4) is 0 Å². The van der Waals surface area contributed by atoms with E-state index in [-0.39, 0.29) is 31.4 Å². The van der Waals surface area contributed by atoms with E-state index in [1.807, 2.05) is 36.4 Å². The molecule has 0 saturated carbocycles. The second-order valence-electron chi connectivity index (χ2n) is 6.33. The third-order valence-electron chi connectivity index (χ3n) is 4.37. The molecule has 0 spiro atoms. The van der Waals surface area contributed by atoms with Gasteiger partial charge in [0.25, 0.3) is 0 Å². The van der Waals surface area contributed by atoms with Gasteiger partial charge in [0.05, 0.1) is 6.61 Å². The molecule has 29 heavy (non-hydrogen) atoms. The average Bonchev–Trinajstić information content (AvgIpc) is 2.70. The summed E-state index contributed by atoms with van der Waals surface area (Å²) in [5, 5.41) is 18.6. The van der Waals surface area contributed by atoms with Gasteiger partial charge in [-0.25, -0.2) is 0 Å². The lowest BCUT2D eigenvalue weighted by atomic mass is 10.0. The van der Waals surface area contributed by atoms with Gasteiger partial charge < -0.3 is 20.5 Å². The molecule has 0 aromatic heterocycles. The highest BCUT2D eigenvalue weighted by molar-refractivity contribution is 6.30. The van der Waals surface area contributed by atoms with E-state index in [9.17, 15) is 0 Å². The molecule has 3 N–H and O–H groups in total. The predicted molar refractivity (Wildman–Crippen MR) is 126 cm³/mol. The molecule has 0 bridgehead atoms. The maximum Gasteiger partial charge on any atom is 0.124 e. The first kappa shape index (κ1) is 25.5. The molecular formula is C22H27Cl3N2O2. The number of ether oxygens (including phenoxy) is 1. The molecule has 7 heteroatoms. The monoisotopic (exact) mass is 456 g/mol. The van der Waals surface area contributed by atoms with E-state index >= 15 is 0 Å². The Kier molecular flexibility index (Phi) is 12.0. The molecule has 0 aliphatic heterocycles. The van der Waals surface area contributed by atoms with Crippen LogP contribution in [0, 0.1) is 0 Å². The molecule has 158 valence electrons. The summed E-state index contributed by atoms with van der Waals surface area (Å²) in [6, 6.07) is 20.2. The van der Waals surface area contributed by atoms with Crippen LogP contribution in [0.1, 0.15) is 11.1 Å². The maximum absolute atomic E-state index is 8.82. The van der Waals surface area contributed by atoms with Gasteiger partial charge in [0.15, 0.2) is 0 Å². The fourth-order valence-electron chi connectivity index (χ4n) is 2.97. The molecule has 0 aliphatic rings. The van der Waals surface area contributed by atoms with Gasteiger partial charge in [-0.2, -0.15) is 0 Å². The SMILES string of the molecule is Cl.Cl.OCCNCCNCc1c(OCc2ccc(Cl)cc2)ccc2ccccc12. The van der Waals surface area contributed by atoms with Crippen molar-refractivity contribution >= 4 is 47.2 Å². The van der Waals surface area contributed by atoms with Crippen LogP contribution in [0.2, 0.25) is 5.02 Å². The zero-order chi connectivity index (χ0) is 18.9. The Labute approximate surface area is 189 Å². The fourth-order valence-corrected chi connectivity index (χ4v) is 3.10. The Morgan fingerprint density at radius 1 is 0.828 bits per heavy atom. The number of hydrogen-bond donors (Lipinski definition) is 3. The first-order chi connectivity index (χ1) is 13.3. The summed E-state index contributed by atoms with van der Waals surface area (Å²) in [5.74, 6) is 0.888. The van der Waals surface area contributed by atoms with Crippen molar-refractivity contribution in [2.24, 2.45) is 0 Å². The smallest absolute Gasteiger partial charge is 0.124 e. The van der Waals surface area contributed by atoms with Gasteiger partial charge >= 0.3 is 0 Å². The lowest BCUT2D eigenvalue weighted by molar-refractivity contribution is 0.292. The molecule has 0 radical (unpaired) electrons. The number of fused-ring (bicyclic) bond motifs is 1. The number of aliphatic hydroxyl groups excluding tert-OH is 1. The summed E-state index contributed by atoms with van der Waals surface area (Å²) < 4.78 is 6.14. The van der Waals surface area contributed by atoms with Crippen LogP contribution < -0.4 is 15.4 Å². The van der Waals surface area contributed by atoms with Crippen molar-refractivity contribution in [2.45, 2.75) is 13.2 Å². The Morgan fingerprint density at radius 3 is 2.31 bits per heavy atom. The Balaban J connectivity index is 0.00000210. The van der Waals surface area contributed by atoms with E-state index in [4.69, 9.17) is 21.4 Å². The van der Waals surface area contributed by atoms with E-state index in [0.29, 0.717) is 13.2 Å². The van der Waals surface area contributed by atoms with Crippen molar-refractivity contribution in [1.29, 1.82) is 0 Å². The highest BCUT2D eigenvalue weighted by atomic mass is 35.5. The minimum Gasteiger partial charge on any atom is -0.489 e. The summed E-state index contributed by atoms with van der Waals surface area (Å²) in [6.45, 7) is 3.63. The molecule has 0 fully saturated rings. The fraction of sp³-hybridized carbons (Fsp3) is 0.273. The second-order valence-corrected chi connectivity index (χ2v) is 6.77. The van der Waals surface area contributed by atoms with Gasteiger partial charge in [-0.05, 0) is 34.5 Å². The molecule has 0 atom stereocenters. The first-order valence-electron chi connectivity index (χ1n) is 9.18. The van der Waals surface area contributed by atoms with Crippen LogP contribution in [0.25, 0.3) is 10.8 Å². The topological polar surface area (TPSA) is 53.5 Å². The van der Waals surface area contributed by atoms with E-state index < -0.39 is 0 Å². The summed E-state index contributed by atoms with van der Waals surface area (Å²) in [5.41, 5.74) is 2.24. The van der Waals surface area contributed by atoms with Crippen LogP contribution in [-0.2, 0) is 13.2 Å². The van der Waals surface area contributed by atoms with Crippen molar-refractivity contribution in [1.82, 2.24) is 10.6 Å². The van der Waals surface area contributed by atoms with E-state index in [2.05, 4.69) is 34.9 Å². The highest BCUT2D eigenvalue weighted by Crippen LogP contribution is 2.28. The molecule has 3 aromatic carbocycles. The Hall–Kier alpha value is -1.53. The average molecular weight is 458 g/mol. The van der Waals surface area contributed by atoms with E-state index in [0.717, 1.165) is 41.5 Å². The van der Waals surface area contributed by atoms with Gasteiger partial charge in [-0.1, -0.05) is 54.1 Å². The largest absolute Gasteiger partial charge is 0.489 e. The molecule has 4 nitrogen and oxygen atoms in total. The summed E-state index contributed by atoms with van der Waals surface area (Å²) in [6.07, 6.45) is 0. The number of nitrogens with one attached hydrogen (secondary N) is 2. The molecule has 0 heterocycles. The molecule has 3 aromatic rings. The maximum atomic E-state index is 8.82. The number of aliphatic hydroxyl groups is 1. The normalized spacial score (nSPS) is 10.3. The van der Waals surface area contributed by atoms with Crippen LogP contribution >= 0.6 is 36.4 Å². The van der Waals surface area contributed by atoms with Crippen LogP contribution in [0.5, 0.6) is 5.75 Å². The summed E-state index contributed by atoms with van der Waals surface area (Å²) >= 11 is 5.95. The van der Waals surface area contributed by atoms with Crippen molar-refractivity contribution in [3.8, 4) is 5.75 Å². The lowest BCUT2D eigenvalue weighted by Crippen LogP contribution is -2.29. The Morgan fingerprint density at radius 2 is 1.55 bits per heavy atom. The van der Waals surface area contributed by atoms with Gasteiger partial charge in [-0.15, -0.1) is 24.8 Å². The van der Waals surface area contributed by atoms with Crippen molar-refractivity contribution < 1.29 is 9.84 Å². The van der Waals surface area contributed by atoms with E-state index in [1.54, 1.807) is 0 Å². The molecular weight excluding hydrogens is 431 g/mol. The van der Waals surface area contributed by atoms with Crippen LogP contribution in [0.4, 0.5) is 0 Å². The quantitative estimate of drug-likeness (QED) is 0.390.